The van der Waals surface area contributed by atoms with Crippen molar-refractivity contribution in [1.82, 2.24) is 10.3 Å². The number of amides is 1. The summed E-state index contributed by atoms with van der Waals surface area (Å²) in [5.41, 5.74) is 3.43. The Balaban J connectivity index is 2.09. The summed E-state index contributed by atoms with van der Waals surface area (Å²) < 4.78 is 0. The zero-order valence-electron chi connectivity index (χ0n) is 11.1. The summed E-state index contributed by atoms with van der Waals surface area (Å²) in [5, 5.41) is 10.1. The second kappa shape index (κ2) is 6.33. The fraction of sp³-hybridized carbons (Fsp3) is 0.286. The molecule has 0 spiro atoms. The number of hydrogen-bond donors (Lipinski definition) is 2. The smallest absolute Gasteiger partial charge is 0.255 e. The fourth-order valence-corrected chi connectivity index (χ4v) is 2.42. The van der Waals surface area contributed by atoms with Crippen LogP contribution in [0, 0.1) is 6.92 Å². The minimum Gasteiger partial charge on any atom is -0.385 e. The molecule has 2 heterocycles. The lowest BCUT2D eigenvalue weighted by Crippen LogP contribution is -2.24. The van der Waals surface area contributed by atoms with Gasteiger partial charge in [-0.05, 0) is 42.3 Å². The average molecular weight is 275 g/mol. The van der Waals surface area contributed by atoms with Crippen LogP contribution in [0.25, 0.3) is 0 Å². The normalized spacial score (nSPS) is 10.2. The maximum atomic E-state index is 12.2. The van der Waals surface area contributed by atoms with Crippen LogP contribution in [0.15, 0.2) is 29.1 Å². The van der Waals surface area contributed by atoms with E-state index in [0.717, 1.165) is 23.5 Å². The molecule has 0 aliphatic carbocycles. The SMILES string of the molecule is CCNc1cc(C)ncc1C(=O)NCc1ccsc1. The van der Waals surface area contributed by atoms with Crippen LogP contribution in [0.4, 0.5) is 5.69 Å². The first-order valence-corrected chi connectivity index (χ1v) is 7.14. The van der Waals surface area contributed by atoms with Crippen molar-refractivity contribution in [2.45, 2.75) is 20.4 Å². The van der Waals surface area contributed by atoms with Crippen LogP contribution >= 0.6 is 11.3 Å². The summed E-state index contributed by atoms with van der Waals surface area (Å²) in [6.07, 6.45) is 1.62. The van der Waals surface area contributed by atoms with E-state index in [1.165, 1.54) is 0 Å². The Kier molecular flexibility index (Phi) is 4.52. The highest BCUT2D eigenvalue weighted by Crippen LogP contribution is 2.15. The molecular weight excluding hydrogens is 258 g/mol. The van der Waals surface area contributed by atoms with Crippen molar-refractivity contribution in [2.24, 2.45) is 0 Å². The molecule has 0 saturated carbocycles. The number of aryl methyl sites for hydroxylation is 1. The lowest BCUT2D eigenvalue weighted by atomic mass is 10.2. The molecule has 0 saturated heterocycles. The van der Waals surface area contributed by atoms with E-state index < -0.39 is 0 Å². The van der Waals surface area contributed by atoms with Crippen molar-refractivity contribution < 1.29 is 4.79 Å². The highest BCUT2D eigenvalue weighted by molar-refractivity contribution is 7.07. The Hall–Kier alpha value is -1.88. The van der Waals surface area contributed by atoms with Crippen molar-refractivity contribution in [3.8, 4) is 0 Å². The molecule has 19 heavy (non-hydrogen) atoms. The zero-order valence-corrected chi connectivity index (χ0v) is 11.9. The van der Waals surface area contributed by atoms with E-state index in [2.05, 4.69) is 15.6 Å². The average Bonchev–Trinajstić information content (AvgIpc) is 2.90. The zero-order chi connectivity index (χ0) is 13.7. The molecule has 2 aromatic rings. The number of hydrogen-bond acceptors (Lipinski definition) is 4. The van der Waals surface area contributed by atoms with Crippen LogP contribution in [0.5, 0.6) is 0 Å². The lowest BCUT2D eigenvalue weighted by Gasteiger charge is -2.11. The Labute approximate surface area is 116 Å². The number of nitrogens with one attached hydrogen (secondary N) is 2. The van der Waals surface area contributed by atoms with Crippen LogP contribution in [0.2, 0.25) is 0 Å². The van der Waals surface area contributed by atoms with E-state index in [9.17, 15) is 4.79 Å². The van der Waals surface area contributed by atoms with Gasteiger partial charge in [0.15, 0.2) is 0 Å². The van der Waals surface area contributed by atoms with Crippen LogP contribution in [-0.2, 0) is 6.54 Å². The van der Waals surface area contributed by atoms with E-state index in [0.29, 0.717) is 12.1 Å². The summed E-state index contributed by atoms with van der Waals surface area (Å²) in [4.78, 5) is 16.3. The number of aromatic nitrogens is 1. The summed E-state index contributed by atoms with van der Waals surface area (Å²) in [7, 11) is 0. The molecule has 2 N–H and O–H groups in total. The first-order valence-electron chi connectivity index (χ1n) is 6.20. The van der Waals surface area contributed by atoms with Gasteiger partial charge in [0.1, 0.15) is 0 Å². The van der Waals surface area contributed by atoms with Crippen LogP contribution in [0.1, 0.15) is 28.5 Å². The third kappa shape index (κ3) is 3.54. The van der Waals surface area contributed by atoms with Gasteiger partial charge in [0, 0.05) is 25.0 Å². The number of rotatable bonds is 5. The van der Waals surface area contributed by atoms with E-state index in [-0.39, 0.29) is 5.91 Å². The first kappa shape index (κ1) is 13.5. The number of nitrogens with zero attached hydrogens (tertiary/aromatic N) is 1. The van der Waals surface area contributed by atoms with Crippen LogP contribution in [0.3, 0.4) is 0 Å². The van der Waals surface area contributed by atoms with E-state index >= 15 is 0 Å². The molecule has 2 rings (SSSR count). The Morgan fingerprint density at radius 3 is 3.00 bits per heavy atom. The molecule has 0 fully saturated rings. The van der Waals surface area contributed by atoms with Gasteiger partial charge in [0.2, 0.25) is 0 Å². The lowest BCUT2D eigenvalue weighted by molar-refractivity contribution is 0.0951. The summed E-state index contributed by atoms with van der Waals surface area (Å²) >= 11 is 1.62. The second-order valence-corrected chi connectivity index (χ2v) is 5.00. The number of anilines is 1. The summed E-state index contributed by atoms with van der Waals surface area (Å²) in [6.45, 7) is 5.23. The van der Waals surface area contributed by atoms with Crippen molar-refractivity contribution in [3.05, 3.63) is 45.9 Å². The molecule has 5 heteroatoms. The Bertz CT molecular complexity index is 552. The topological polar surface area (TPSA) is 54.0 Å². The first-order chi connectivity index (χ1) is 9.20. The molecule has 100 valence electrons. The van der Waals surface area contributed by atoms with Gasteiger partial charge >= 0.3 is 0 Å². The molecule has 0 aliphatic rings. The molecule has 1 amide bonds. The number of carbonyl (C=O) groups is 1. The molecule has 0 unspecified atom stereocenters. The highest BCUT2D eigenvalue weighted by Gasteiger charge is 2.11. The van der Waals surface area contributed by atoms with Crippen LogP contribution in [-0.4, -0.2) is 17.4 Å². The quantitative estimate of drug-likeness (QED) is 0.882. The van der Waals surface area contributed by atoms with E-state index in [1.807, 2.05) is 36.7 Å². The largest absolute Gasteiger partial charge is 0.385 e. The van der Waals surface area contributed by atoms with Gasteiger partial charge in [-0.1, -0.05) is 0 Å². The minimum absolute atomic E-state index is 0.102. The third-order valence-electron chi connectivity index (χ3n) is 2.69. The Morgan fingerprint density at radius 2 is 2.32 bits per heavy atom. The molecule has 0 aromatic carbocycles. The molecule has 0 aliphatic heterocycles. The van der Waals surface area contributed by atoms with Gasteiger partial charge in [0.05, 0.1) is 11.3 Å². The van der Waals surface area contributed by atoms with Gasteiger partial charge in [-0.25, -0.2) is 0 Å². The third-order valence-corrected chi connectivity index (χ3v) is 3.42. The van der Waals surface area contributed by atoms with Gasteiger partial charge < -0.3 is 10.6 Å². The van der Waals surface area contributed by atoms with E-state index in [1.54, 1.807) is 17.5 Å². The molecular formula is C14H17N3OS. The minimum atomic E-state index is -0.102. The van der Waals surface area contributed by atoms with Gasteiger partial charge in [-0.15, -0.1) is 0 Å². The van der Waals surface area contributed by atoms with Crippen molar-refractivity contribution in [2.75, 3.05) is 11.9 Å². The standard InChI is InChI=1S/C14H17N3OS/c1-3-15-13-6-10(2)16-8-12(13)14(18)17-7-11-4-5-19-9-11/h4-6,8-9H,3,7H2,1-2H3,(H,15,16)(H,17,18). The molecule has 4 nitrogen and oxygen atoms in total. The number of pyridine rings is 1. The van der Waals surface area contributed by atoms with Gasteiger partial charge in [-0.3, -0.25) is 9.78 Å². The van der Waals surface area contributed by atoms with Crippen LogP contribution < -0.4 is 10.6 Å². The van der Waals surface area contributed by atoms with Crippen molar-refractivity contribution in [3.63, 3.8) is 0 Å². The van der Waals surface area contributed by atoms with Gasteiger partial charge in [0.25, 0.3) is 5.91 Å². The Morgan fingerprint density at radius 1 is 1.47 bits per heavy atom. The fourth-order valence-electron chi connectivity index (χ4n) is 1.75. The molecule has 0 atom stereocenters. The van der Waals surface area contributed by atoms with Crippen molar-refractivity contribution in [1.29, 1.82) is 0 Å². The maximum Gasteiger partial charge on any atom is 0.255 e. The number of thiophene rings is 1. The predicted octanol–water partition coefficient (Wildman–Crippen LogP) is 2.81. The molecule has 2 aromatic heterocycles. The molecule has 0 bridgehead atoms. The summed E-state index contributed by atoms with van der Waals surface area (Å²) in [5.74, 6) is -0.102. The highest BCUT2D eigenvalue weighted by atomic mass is 32.1. The molecule has 0 radical (unpaired) electrons. The predicted molar refractivity (Wildman–Crippen MR) is 78.6 cm³/mol. The van der Waals surface area contributed by atoms with Crippen molar-refractivity contribution >= 4 is 22.9 Å². The maximum absolute atomic E-state index is 12.2. The summed E-state index contributed by atoms with van der Waals surface area (Å²) in [6, 6.07) is 3.90. The van der Waals surface area contributed by atoms with E-state index in [4.69, 9.17) is 0 Å². The monoisotopic (exact) mass is 275 g/mol. The number of carbonyl (C=O) groups excluding carboxylic acids is 1. The second-order valence-electron chi connectivity index (χ2n) is 4.22. The van der Waals surface area contributed by atoms with Gasteiger partial charge in [-0.2, -0.15) is 11.3 Å².